The summed E-state index contributed by atoms with van der Waals surface area (Å²) in [5.74, 6) is -0.439. The fourth-order valence-electron chi connectivity index (χ4n) is 2.99. The van der Waals surface area contributed by atoms with Crippen molar-refractivity contribution < 1.29 is 18.0 Å². The molecule has 3 amide bonds. The Morgan fingerprint density at radius 3 is 2.58 bits per heavy atom. The summed E-state index contributed by atoms with van der Waals surface area (Å²) in [4.78, 5) is 26.4. The van der Waals surface area contributed by atoms with E-state index >= 15 is 0 Å². The van der Waals surface area contributed by atoms with Crippen molar-refractivity contribution in [3.05, 3.63) is 24.3 Å². The molecule has 1 aliphatic heterocycles. The number of nitrogens with one attached hydrogen (secondary N) is 3. The molecule has 0 bridgehead atoms. The number of hydrogen-bond donors (Lipinski definition) is 3. The third kappa shape index (κ3) is 5.35. The second-order valence-electron chi connectivity index (χ2n) is 6.95. The van der Waals surface area contributed by atoms with Crippen LogP contribution in [0.4, 0.5) is 16.2 Å². The van der Waals surface area contributed by atoms with Gasteiger partial charge in [-0.1, -0.05) is 6.07 Å². The average molecular weight is 380 g/mol. The van der Waals surface area contributed by atoms with Gasteiger partial charge in [0.1, 0.15) is 0 Å². The molecule has 0 aromatic heterocycles. The fraction of sp³-hybridized carbons (Fsp3) is 0.529. The second kappa shape index (κ2) is 7.53. The molecule has 2 fully saturated rings. The van der Waals surface area contributed by atoms with Crippen LogP contribution >= 0.6 is 0 Å². The van der Waals surface area contributed by atoms with E-state index in [4.69, 9.17) is 0 Å². The minimum Gasteiger partial charge on any atom is -0.335 e. The van der Waals surface area contributed by atoms with Crippen LogP contribution in [0, 0.1) is 5.92 Å². The number of sulfonamides is 1. The topological polar surface area (TPSA) is 108 Å². The minimum absolute atomic E-state index is 0.0932. The van der Waals surface area contributed by atoms with Gasteiger partial charge in [0.15, 0.2) is 0 Å². The third-order valence-corrected chi connectivity index (χ3v) is 5.02. The van der Waals surface area contributed by atoms with Gasteiger partial charge in [0, 0.05) is 24.8 Å². The van der Waals surface area contributed by atoms with Crippen LogP contribution in [0.1, 0.15) is 25.7 Å². The lowest BCUT2D eigenvalue weighted by molar-refractivity contribution is -0.121. The van der Waals surface area contributed by atoms with E-state index in [0.717, 1.165) is 31.9 Å². The Morgan fingerprint density at radius 2 is 1.88 bits per heavy atom. The van der Waals surface area contributed by atoms with E-state index in [-0.39, 0.29) is 17.9 Å². The lowest BCUT2D eigenvalue weighted by Crippen LogP contribution is -2.48. The lowest BCUT2D eigenvalue weighted by atomic mass is 9.97. The molecule has 1 saturated heterocycles. The molecule has 142 valence electrons. The number of hydrogen-bond acceptors (Lipinski definition) is 4. The van der Waals surface area contributed by atoms with E-state index in [1.54, 1.807) is 29.2 Å². The minimum atomic E-state index is -3.38. The zero-order valence-electron chi connectivity index (χ0n) is 14.7. The zero-order chi connectivity index (χ0) is 18.7. The first-order chi connectivity index (χ1) is 12.3. The maximum Gasteiger partial charge on any atom is 0.317 e. The van der Waals surface area contributed by atoms with Crippen molar-refractivity contribution in [2.45, 2.75) is 31.7 Å². The highest BCUT2D eigenvalue weighted by atomic mass is 32.2. The number of nitrogens with zero attached hydrogens (tertiary/aromatic N) is 1. The van der Waals surface area contributed by atoms with Crippen LogP contribution in [0.5, 0.6) is 0 Å². The number of urea groups is 1. The molecular formula is C17H24N4O4S. The number of amides is 3. The first-order valence-corrected chi connectivity index (χ1v) is 10.6. The molecule has 1 aromatic carbocycles. The summed E-state index contributed by atoms with van der Waals surface area (Å²) >= 11 is 0. The Labute approximate surface area is 153 Å². The number of rotatable bonds is 5. The summed E-state index contributed by atoms with van der Waals surface area (Å²) in [5, 5.41) is 5.77. The molecule has 1 saturated carbocycles. The largest absolute Gasteiger partial charge is 0.335 e. The molecule has 1 heterocycles. The van der Waals surface area contributed by atoms with E-state index in [1.165, 1.54) is 0 Å². The standard InChI is InChI=1S/C17H24N4O4S/c1-26(24,25)20-15-6-2-5-14(10-15)18-16(22)12-4-3-9-21(11-12)17(23)19-13-7-8-13/h2,5-6,10,12-13,20H,3-4,7-9,11H2,1H3,(H,18,22)(H,19,23). The Hall–Kier alpha value is -2.29. The van der Waals surface area contributed by atoms with Gasteiger partial charge >= 0.3 is 6.03 Å². The molecule has 0 spiro atoms. The summed E-state index contributed by atoms with van der Waals surface area (Å²) in [6.07, 6.45) is 4.64. The van der Waals surface area contributed by atoms with Gasteiger partial charge < -0.3 is 15.5 Å². The monoisotopic (exact) mass is 380 g/mol. The predicted octanol–water partition coefficient (Wildman–Crippen LogP) is 1.58. The predicted molar refractivity (Wildman–Crippen MR) is 99.4 cm³/mol. The molecular weight excluding hydrogens is 356 g/mol. The Morgan fingerprint density at radius 1 is 1.15 bits per heavy atom. The molecule has 26 heavy (non-hydrogen) atoms. The van der Waals surface area contributed by atoms with E-state index in [0.29, 0.717) is 30.5 Å². The molecule has 0 radical (unpaired) electrons. The molecule has 3 rings (SSSR count). The van der Waals surface area contributed by atoms with Gasteiger partial charge in [-0.05, 0) is 43.9 Å². The van der Waals surface area contributed by atoms with Crippen molar-refractivity contribution in [1.82, 2.24) is 10.2 Å². The van der Waals surface area contributed by atoms with Crippen LogP contribution in [0.3, 0.4) is 0 Å². The lowest BCUT2D eigenvalue weighted by Gasteiger charge is -2.32. The van der Waals surface area contributed by atoms with Gasteiger partial charge in [0.2, 0.25) is 15.9 Å². The maximum absolute atomic E-state index is 12.6. The fourth-order valence-corrected chi connectivity index (χ4v) is 3.54. The molecule has 1 aromatic rings. The quantitative estimate of drug-likeness (QED) is 0.721. The molecule has 1 atom stereocenters. The van der Waals surface area contributed by atoms with Crippen molar-refractivity contribution in [3.63, 3.8) is 0 Å². The molecule has 3 N–H and O–H groups in total. The van der Waals surface area contributed by atoms with Crippen LogP contribution in [-0.4, -0.2) is 50.6 Å². The molecule has 8 nitrogen and oxygen atoms in total. The van der Waals surface area contributed by atoms with Crippen LogP contribution in [0.2, 0.25) is 0 Å². The van der Waals surface area contributed by atoms with Crippen LogP contribution in [0.15, 0.2) is 24.3 Å². The van der Waals surface area contributed by atoms with Crippen LogP contribution in [0.25, 0.3) is 0 Å². The van der Waals surface area contributed by atoms with Gasteiger partial charge in [0.05, 0.1) is 17.9 Å². The van der Waals surface area contributed by atoms with Crippen LogP contribution < -0.4 is 15.4 Å². The van der Waals surface area contributed by atoms with Gasteiger partial charge in [-0.2, -0.15) is 0 Å². The van der Waals surface area contributed by atoms with Gasteiger partial charge in [-0.25, -0.2) is 13.2 Å². The highest BCUT2D eigenvalue weighted by molar-refractivity contribution is 7.92. The molecule has 1 aliphatic carbocycles. The molecule has 2 aliphatic rings. The smallest absolute Gasteiger partial charge is 0.317 e. The summed E-state index contributed by atoms with van der Waals surface area (Å²) in [6.45, 7) is 1.06. The van der Waals surface area contributed by atoms with Gasteiger partial charge in [-0.3, -0.25) is 9.52 Å². The average Bonchev–Trinajstić information content (AvgIpc) is 3.37. The number of likely N-dealkylation sites (tertiary alicyclic amines) is 1. The third-order valence-electron chi connectivity index (χ3n) is 4.42. The van der Waals surface area contributed by atoms with E-state index in [1.807, 2.05) is 0 Å². The Bertz CT molecular complexity index is 792. The normalized spacial score (nSPS) is 20.3. The Balaban J connectivity index is 1.58. The van der Waals surface area contributed by atoms with Crippen molar-refractivity contribution in [2.24, 2.45) is 5.92 Å². The first-order valence-electron chi connectivity index (χ1n) is 8.74. The summed E-state index contributed by atoms with van der Waals surface area (Å²) in [7, 11) is -3.38. The van der Waals surface area contributed by atoms with Crippen LogP contribution in [-0.2, 0) is 14.8 Å². The highest BCUT2D eigenvalue weighted by Crippen LogP contribution is 2.23. The first kappa shape index (κ1) is 18.5. The van der Waals surface area contributed by atoms with Crippen molar-refractivity contribution in [1.29, 1.82) is 0 Å². The summed E-state index contributed by atoms with van der Waals surface area (Å²) in [6, 6.07) is 6.75. The SMILES string of the molecule is CS(=O)(=O)Nc1cccc(NC(=O)C2CCCN(C(=O)NC3CC3)C2)c1. The number of benzene rings is 1. The molecule has 1 unspecified atom stereocenters. The summed E-state index contributed by atoms with van der Waals surface area (Å²) < 4.78 is 25.0. The number of anilines is 2. The van der Waals surface area contributed by atoms with Crippen molar-refractivity contribution >= 4 is 33.3 Å². The van der Waals surface area contributed by atoms with Gasteiger partial charge in [-0.15, -0.1) is 0 Å². The van der Waals surface area contributed by atoms with Gasteiger partial charge in [0.25, 0.3) is 0 Å². The van der Waals surface area contributed by atoms with Crippen molar-refractivity contribution in [2.75, 3.05) is 29.4 Å². The van der Waals surface area contributed by atoms with E-state index in [2.05, 4.69) is 15.4 Å². The maximum atomic E-state index is 12.6. The molecule has 9 heteroatoms. The Kier molecular flexibility index (Phi) is 5.36. The van der Waals surface area contributed by atoms with E-state index in [9.17, 15) is 18.0 Å². The summed E-state index contributed by atoms with van der Waals surface area (Å²) in [5.41, 5.74) is 0.905. The van der Waals surface area contributed by atoms with Crippen molar-refractivity contribution in [3.8, 4) is 0 Å². The highest BCUT2D eigenvalue weighted by Gasteiger charge is 2.31. The number of piperidine rings is 1. The second-order valence-corrected chi connectivity index (χ2v) is 8.70. The van der Waals surface area contributed by atoms with E-state index < -0.39 is 10.0 Å². The number of carbonyl (C=O) groups excluding carboxylic acids is 2. The zero-order valence-corrected chi connectivity index (χ0v) is 15.5. The number of carbonyl (C=O) groups is 2.